The van der Waals surface area contributed by atoms with Gasteiger partial charge in [-0.25, -0.2) is 0 Å². The van der Waals surface area contributed by atoms with Gasteiger partial charge in [-0.05, 0) is 47.9 Å². The van der Waals surface area contributed by atoms with Gasteiger partial charge in [-0.1, -0.05) is 76.2 Å². The van der Waals surface area contributed by atoms with Crippen molar-refractivity contribution in [2.75, 3.05) is 0 Å². The molecule has 0 saturated carbocycles. The lowest BCUT2D eigenvalue weighted by Crippen LogP contribution is -2.33. The maximum absolute atomic E-state index is 12.1. The summed E-state index contributed by atoms with van der Waals surface area (Å²) in [7, 11) is 0. The van der Waals surface area contributed by atoms with Crippen LogP contribution in [-0.4, -0.2) is 18.1 Å². The van der Waals surface area contributed by atoms with Gasteiger partial charge in [0.15, 0.2) is 0 Å². The molecule has 2 rings (SSSR count). The fourth-order valence-electron chi connectivity index (χ4n) is 3.27. The summed E-state index contributed by atoms with van der Waals surface area (Å²) in [4.78, 5) is 12.1. The van der Waals surface area contributed by atoms with Gasteiger partial charge in [0.1, 0.15) is 12.1 Å². The molecule has 0 spiro atoms. The van der Waals surface area contributed by atoms with Crippen molar-refractivity contribution in [3.8, 4) is 0 Å². The monoisotopic (exact) mass is 367 g/mol. The lowest BCUT2D eigenvalue weighted by atomic mass is 9.85. The summed E-state index contributed by atoms with van der Waals surface area (Å²) in [5.74, 6) is 0.563. The van der Waals surface area contributed by atoms with Crippen LogP contribution in [0.15, 0.2) is 48.5 Å². The third-order valence-electron chi connectivity index (χ3n) is 5.07. The number of hydrogen-bond donors (Lipinski definition) is 1. The predicted octanol–water partition coefficient (Wildman–Crippen LogP) is 5.34. The molecule has 0 unspecified atom stereocenters. The second-order valence-electron chi connectivity index (χ2n) is 8.05. The van der Waals surface area contributed by atoms with E-state index in [0.717, 1.165) is 11.1 Å². The molecule has 0 amide bonds. The van der Waals surface area contributed by atoms with E-state index in [4.69, 9.17) is 10.5 Å². The molecule has 0 aliphatic carbocycles. The molecule has 2 atom stereocenters. The summed E-state index contributed by atoms with van der Waals surface area (Å²) in [6.07, 6.45) is -0.307. The minimum absolute atomic E-state index is 0.0323. The first kappa shape index (κ1) is 21.2. The van der Waals surface area contributed by atoms with E-state index in [1.54, 1.807) is 6.92 Å². The van der Waals surface area contributed by atoms with E-state index in [2.05, 4.69) is 76.2 Å². The fourth-order valence-corrected chi connectivity index (χ4v) is 3.27. The highest BCUT2D eigenvalue weighted by Crippen LogP contribution is 2.32. The number of esters is 1. The van der Waals surface area contributed by atoms with Crippen LogP contribution >= 0.6 is 0 Å². The second kappa shape index (κ2) is 9.18. The molecule has 0 radical (unpaired) electrons. The molecule has 2 aromatic carbocycles. The van der Waals surface area contributed by atoms with E-state index < -0.39 is 6.04 Å². The Bertz CT molecular complexity index is 678. The van der Waals surface area contributed by atoms with Gasteiger partial charge in [-0.3, -0.25) is 4.79 Å². The second-order valence-corrected chi connectivity index (χ2v) is 8.05. The Balaban J connectivity index is 2.39. The topological polar surface area (TPSA) is 52.3 Å². The van der Waals surface area contributed by atoms with E-state index in [1.165, 1.54) is 11.1 Å². The van der Waals surface area contributed by atoms with Gasteiger partial charge in [0, 0.05) is 5.92 Å². The van der Waals surface area contributed by atoms with Gasteiger partial charge in [0.05, 0.1) is 0 Å². The average molecular weight is 368 g/mol. The van der Waals surface area contributed by atoms with Crippen molar-refractivity contribution in [2.24, 2.45) is 5.73 Å². The van der Waals surface area contributed by atoms with E-state index in [9.17, 15) is 4.79 Å². The van der Waals surface area contributed by atoms with Crippen molar-refractivity contribution >= 4 is 5.97 Å². The molecule has 0 aromatic heterocycles. The molecular formula is C24H33NO2. The van der Waals surface area contributed by atoms with Crippen LogP contribution in [0.25, 0.3) is 0 Å². The third kappa shape index (κ3) is 5.43. The maximum Gasteiger partial charge on any atom is 0.322 e. The summed E-state index contributed by atoms with van der Waals surface area (Å²) < 4.78 is 5.67. The van der Waals surface area contributed by atoms with E-state index in [-0.39, 0.29) is 18.0 Å². The van der Waals surface area contributed by atoms with Gasteiger partial charge in [0.2, 0.25) is 0 Å². The Morgan fingerprint density at radius 2 is 1.04 bits per heavy atom. The molecule has 0 aliphatic heterocycles. The zero-order chi connectivity index (χ0) is 20.1. The molecule has 0 aliphatic rings. The molecule has 0 saturated heterocycles. The van der Waals surface area contributed by atoms with Crippen LogP contribution in [0.5, 0.6) is 0 Å². The third-order valence-corrected chi connectivity index (χ3v) is 5.07. The summed E-state index contributed by atoms with van der Waals surface area (Å²) in [6.45, 7) is 12.3. The average Bonchev–Trinajstić information content (AvgIpc) is 2.62. The highest BCUT2D eigenvalue weighted by atomic mass is 16.5. The van der Waals surface area contributed by atoms with Crippen molar-refractivity contribution in [1.82, 2.24) is 0 Å². The smallest absolute Gasteiger partial charge is 0.322 e. The fraction of sp³-hybridized carbons (Fsp3) is 0.458. The first-order chi connectivity index (χ1) is 12.7. The standard InChI is InChI=1S/C24H33NO2/c1-15(2)19-7-11-21(12-8-19)23(18(6)27-24(26)17(5)25)22-13-9-20(10-14-22)16(3)4/h7-18,23H,25H2,1-6H3/t17-,18-/m0/s1. The number of rotatable bonds is 7. The molecule has 2 N–H and O–H groups in total. The maximum atomic E-state index is 12.1. The normalized spacial score (nSPS) is 13.9. The molecule has 3 nitrogen and oxygen atoms in total. The highest BCUT2D eigenvalue weighted by molar-refractivity contribution is 5.75. The van der Waals surface area contributed by atoms with Gasteiger partial charge in [-0.2, -0.15) is 0 Å². The molecule has 2 aromatic rings. The van der Waals surface area contributed by atoms with E-state index >= 15 is 0 Å². The summed E-state index contributed by atoms with van der Waals surface area (Å²) in [5.41, 5.74) is 10.6. The van der Waals surface area contributed by atoms with E-state index in [1.807, 2.05) is 6.92 Å². The minimum atomic E-state index is -0.625. The molecule has 3 heteroatoms. The van der Waals surface area contributed by atoms with Crippen molar-refractivity contribution in [1.29, 1.82) is 0 Å². The lowest BCUT2D eigenvalue weighted by molar-refractivity contribution is -0.149. The first-order valence-electron chi connectivity index (χ1n) is 9.86. The molecule has 0 fully saturated rings. The molecular weight excluding hydrogens is 334 g/mol. The summed E-state index contributed by atoms with van der Waals surface area (Å²) >= 11 is 0. The molecule has 0 bridgehead atoms. The number of carbonyl (C=O) groups is 1. The van der Waals surface area contributed by atoms with Crippen molar-refractivity contribution < 1.29 is 9.53 Å². The largest absolute Gasteiger partial charge is 0.461 e. The van der Waals surface area contributed by atoms with Crippen LogP contribution in [-0.2, 0) is 9.53 Å². The van der Waals surface area contributed by atoms with Gasteiger partial charge < -0.3 is 10.5 Å². The first-order valence-corrected chi connectivity index (χ1v) is 9.86. The highest BCUT2D eigenvalue weighted by Gasteiger charge is 2.26. The Hall–Kier alpha value is -2.13. The van der Waals surface area contributed by atoms with Crippen LogP contribution < -0.4 is 5.73 Å². The number of nitrogens with two attached hydrogens (primary N) is 1. The van der Waals surface area contributed by atoms with Crippen LogP contribution in [0, 0.1) is 0 Å². The van der Waals surface area contributed by atoms with Gasteiger partial charge in [0.25, 0.3) is 0 Å². The lowest BCUT2D eigenvalue weighted by Gasteiger charge is -2.26. The van der Waals surface area contributed by atoms with Crippen molar-refractivity contribution in [3.05, 3.63) is 70.8 Å². The van der Waals surface area contributed by atoms with Crippen LogP contribution in [0.1, 0.15) is 81.5 Å². The van der Waals surface area contributed by atoms with Gasteiger partial charge in [-0.15, -0.1) is 0 Å². The Labute approximate surface area is 163 Å². The molecule has 0 heterocycles. The van der Waals surface area contributed by atoms with E-state index in [0.29, 0.717) is 11.8 Å². The summed E-state index contributed by atoms with van der Waals surface area (Å²) in [6, 6.07) is 16.6. The molecule has 146 valence electrons. The van der Waals surface area contributed by atoms with Gasteiger partial charge >= 0.3 is 5.97 Å². The Kier molecular flexibility index (Phi) is 7.20. The molecule has 27 heavy (non-hydrogen) atoms. The Morgan fingerprint density at radius 1 is 0.704 bits per heavy atom. The minimum Gasteiger partial charge on any atom is -0.461 e. The predicted molar refractivity (Wildman–Crippen MR) is 112 cm³/mol. The number of ether oxygens (including phenoxy) is 1. The summed E-state index contributed by atoms with van der Waals surface area (Å²) in [5, 5.41) is 0. The SMILES string of the molecule is CC(C)c1ccc(C(c2ccc(C(C)C)cc2)[C@H](C)OC(=O)[C@H](C)N)cc1. The number of carbonyl (C=O) groups excluding carboxylic acids is 1. The van der Waals surface area contributed by atoms with Crippen LogP contribution in [0.2, 0.25) is 0 Å². The van der Waals surface area contributed by atoms with Crippen LogP contribution in [0.3, 0.4) is 0 Å². The zero-order valence-corrected chi connectivity index (χ0v) is 17.4. The van der Waals surface area contributed by atoms with Crippen LogP contribution in [0.4, 0.5) is 0 Å². The van der Waals surface area contributed by atoms with Crippen molar-refractivity contribution in [3.63, 3.8) is 0 Å². The van der Waals surface area contributed by atoms with Crippen molar-refractivity contribution in [2.45, 2.75) is 71.4 Å². The Morgan fingerprint density at radius 3 is 1.33 bits per heavy atom. The quantitative estimate of drug-likeness (QED) is 0.672. The number of benzene rings is 2. The number of hydrogen-bond acceptors (Lipinski definition) is 3. The zero-order valence-electron chi connectivity index (χ0n) is 17.4.